The normalized spacial score (nSPS) is 29.8. The number of fused-ring (bicyclic) bond motifs is 1. The third-order valence-corrected chi connectivity index (χ3v) is 6.90. The summed E-state index contributed by atoms with van der Waals surface area (Å²) in [5.74, 6) is 3.94. The van der Waals surface area contributed by atoms with Gasteiger partial charge in [0.15, 0.2) is 0 Å². The molecule has 1 fully saturated rings. The van der Waals surface area contributed by atoms with Gasteiger partial charge in [-0.25, -0.2) is 0 Å². The van der Waals surface area contributed by atoms with Crippen LogP contribution in [0.15, 0.2) is 11.6 Å². The van der Waals surface area contributed by atoms with Crippen LogP contribution in [-0.2, 0) is 0 Å². The molecule has 0 aliphatic heterocycles. The van der Waals surface area contributed by atoms with Gasteiger partial charge in [-0.15, -0.1) is 0 Å². The molecule has 29 heavy (non-hydrogen) atoms. The molecule has 2 rings (SSSR count). The predicted molar refractivity (Wildman–Crippen MR) is 138 cm³/mol. The molecule has 0 heterocycles. The number of hydrogen-bond donors (Lipinski definition) is 0. The quantitative estimate of drug-likeness (QED) is 0.407. The van der Waals surface area contributed by atoms with E-state index in [1.165, 1.54) is 89.9 Å². The number of allylic oxidation sites excluding steroid dienone is 2. The van der Waals surface area contributed by atoms with Crippen molar-refractivity contribution in [2.45, 2.75) is 152 Å². The molecule has 2 aliphatic carbocycles. The molecule has 0 aromatic heterocycles. The Morgan fingerprint density at radius 1 is 0.793 bits per heavy atom. The maximum atomic E-state index is 2.62. The van der Waals surface area contributed by atoms with Gasteiger partial charge in [0.05, 0.1) is 0 Å². The number of unbranched alkanes of at least 4 members (excludes halogenated alkanes) is 1. The summed E-state index contributed by atoms with van der Waals surface area (Å²) in [6.45, 7) is 19.3. The fourth-order valence-corrected chi connectivity index (χ4v) is 5.20. The van der Waals surface area contributed by atoms with E-state index >= 15 is 0 Å². The van der Waals surface area contributed by atoms with E-state index in [1.54, 1.807) is 5.57 Å². The molecule has 1 saturated carbocycles. The molecule has 0 amide bonds. The van der Waals surface area contributed by atoms with Crippen molar-refractivity contribution in [3.05, 3.63) is 11.6 Å². The van der Waals surface area contributed by atoms with Crippen LogP contribution in [-0.4, -0.2) is 0 Å². The van der Waals surface area contributed by atoms with E-state index in [4.69, 9.17) is 0 Å². The zero-order valence-electron chi connectivity index (χ0n) is 22.3. The lowest BCUT2D eigenvalue weighted by Gasteiger charge is -2.32. The summed E-state index contributed by atoms with van der Waals surface area (Å²) in [5, 5.41) is 0. The first-order chi connectivity index (χ1) is 14.2. The van der Waals surface area contributed by atoms with E-state index in [9.17, 15) is 0 Å². The van der Waals surface area contributed by atoms with Gasteiger partial charge < -0.3 is 0 Å². The summed E-state index contributed by atoms with van der Waals surface area (Å²) in [6, 6.07) is 0. The molecule has 4 unspecified atom stereocenters. The highest BCUT2D eigenvalue weighted by molar-refractivity contribution is 5.00. The topological polar surface area (TPSA) is 0 Å². The van der Waals surface area contributed by atoms with Crippen molar-refractivity contribution in [3.63, 3.8) is 0 Å². The van der Waals surface area contributed by atoms with Gasteiger partial charge in [-0.1, -0.05) is 138 Å². The molecular formula is C29H60. The van der Waals surface area contributed by atoms with Crippen molar-refractivity contribution in [2.24, 2.45) is 23.7 Å². The van der Waals surface area contributed by atoms with Crippen molar-refractivity contribution in [1.82, 2.24) is 0 Å². The van der Waals surface area contributed by atoms with Gasteiger partial charge in [0.25, 0.3) is 0 Å². The minimum absolute atomic E-state index is 0.936. The van der Waals surface area contributed by atoms with Crippen LogP contribution in [0.1, 0.15) is 152 Å². The molecule has 0 aromatic rings. The van der Waals surface area contributed by atoms with Gasteiger partial charge in [-0.3, -0.25) is 0 Å². The summed E-state index contributed by atoms with van der Waals surface area (Å²) in [6.07, 6.45) is 23.1. The molecule has 0 nitrogen and oxygen atoms in total. The first kappa shape index (κ1) is 30.9. The molecule has 0 bridgehead atoms. The first-order valence-corrected chi connectivity index (χ1v) is 13.9. The highest BCUT2D eigenvalue weighted by atomic mass is 14.3. The third-order valence-electron chi connectivity index (χ3n) is 6.90. The third kappa shape index (κ3) is 14.4. The molecule has 0 aromatic carbocycles. The molecule has 176 valence electrons. The van der Waals surface area contributed by atoms with Gasteiger partial charge in [0, 0.05) is 0 Å². The van der Waals surface area contributed by atoms with Crippen LogP contribution in [0.4, 0.5) is 0 Å². The second kappa shape index (κ2) is 22.4. The summed E-state index contributed by atoms with van der Waals surface area (Å²) in [4.78, 5) is 0. The molecule has 0 heteroatoms. The molecule has 0 saturated heterocycles. The summed E-state index contributed by atoms with van der Waals surface area (Å²) >= 11 is 0. The smallest absolute Gasteiger partial charge is 0.0314 e. The minimum Gasteiger partial charge on any atom is -0.0853 e. The second-order valence-electron chi connectivity index (χ2n) is 8.80. The van der Waals surface area contributed by atoms with E-state index in [0.29, 0.717) is 0 Å². The Balaban J connectivity index is 0. The monoisotopic (exact) mass is 408 g/mol. The Morgan fingerprint density at radius 3 is 2.10 bits per heavy atom. The van der Waals surface area contributed by atoms with Gasteiger partial charge in [-0.2, -0.15) is 0 Å². The maximum Gasteiger partial charge on any atom is -0.0314 e. The Morgan fingerprint density at radius 2 is 1.45 bits per heavy atom. The Hall–Kier alpha value is -0.260. The summed E-state index contributed by atoms with van der Waals surface area (Å²) < 4.78 is 0. The molecule has 2 aliphatic rings. The van der Waals surface area contributed by atoms with Gasteiger partial charge in [0.1, 0.15) is 0 Å². The van der Waals surface area contributed by atoms with Crippen molar-refractivity contribution < 1.29 is 0 Å². The van der Waals surface area contributed by atoms with Gasteiger partial charge >= 0.3 is 0 Å². The van der Waals surface area contributed by atoms with Crippen molar-refractivity contribution in [1.29, 1.82) is 0 Å². The average molecular weight is 409 g/mol. The molecule has 0 radical (unpaired) electrons. The molecule has 4 atom stereocenters. The standard InChI is InChI=1S/C23H42.3C2H6/c1-4-5-11-21-12-9-14-22-13-8-6-7-10-19(2)15-18-23(22)20(3)16-17-21;3*1-2/h15,20-23H,4-14,16-18H2,1-3H3;3*1-2H3/b19-15+;;;. The first-order valence-electron chi connectivity index (χ1n) is 13.9. The lowest BCUT2D eigenvalue weighted by atomic mass is 9.74. The van der Waals surface area contributed by atoms with Gasteiger partial charge in [0.2, 0.25) is 0 Å². The lowest BCUT2D eigenvalue weighted by molar-refractivity contribution is 0.203. The fourth-order valence-electron chi connectivity index (χ4n) is 5.20. The van der Waals surface area contributed by atoms with Crippen molar-refractivity contribution in [3.8, 4) is 0 Å². The van der Waals surface area contributed by atoms with Crippen LogP contribution in [0.2, 0.25) is 0 Å². The fraction of sp³-hybridized carbons (Fsp3) is 0.931. The predicted octanol–water partition coefficient (Wildman–Crippen LogP) is 11.0. The minimum atomic E-state index is 0.936. The van der Waals surface area contributed by atoms with Crippen LogP contribution in [0.5, 0.6) is 0 Å². The van der Waals surface area contributed by atoms with Crippen molar-refractivity contribution in [2.75, 3.05) is 0 Å². The highest BCUT2D eigenvalue weighted by Gasteiger charge is 2.28. The van der Waals surface area contributed by atoms with Crippen LogP contribution in [0.25, 0.3) is 0 Å². The SMILES string of the molecule is CC.CC.CC.CCCCC1CCCC2CCCCC/C(C)=C/CC2C(C)CC1. The Kier molecular flexibility index (Phi) is 23.9. The van der Waals surface area contributed by atoms with Crippen LogP contribution < -0.4 is 0 Å². The van der Waals surface area contributed by atoms with Crippen molar-refractivity contribution >= 4 is 0 Å². The van der Waals surface area contributed by atoms with E-state index < -0.39 is 0 Å². The molecular weight excluding hydrogens is 348 g/mol. The van der Waals surface area contributed by atoms with Gasteiger partial charge in [-0.05, 0) is 49.9 Å². The van der Waals surface area contributed by atoms with Crippen LogP contribution in [0.3, 0.4) is 0 Å². The largest absolute Gasteiger partial charge is 0.0853 e. The van der Waals surface area contributed by atoms with Crippen LogP contribution in [0, 0.1) is 23.7 Å². The Labute approximate surface area is 187 Å². The highest BCUT2D eigenvalue weighted by Crippen LogP contribution is 2.39. The molecule has 0 N–H and O–H groups in total. The van der Waals surface area contributed by atoms with E-state index in [2.05, 4.69) is 26.8 Å². The zero-order chi connectivity index (χ0) is 22.5. The van der Waals surface area contributed by atoms with E-state index in [0.717, 1.165) is 23.7 Å². The number of hydrogen-bond acceptors (Lipinski definition) is 0. The van der Waals surface area contributed by atoms with E-state index in [1.807, 2.05) is 41.5 Å². The number of rotatable bonds is 3. The Bertz CT molecular complexity index is 340. The average Bonchev–Trinajstić information content (AvgIpc) is 2.85. The molecule has 0 spiro atoms. The maximum absolute atomic E-state index is 2.62. The second-order valence-corrected chi connectivity index (χ2v) is 8.80. The lowest BCUT2D eigenvalue weighted by Crippen LogP contribution is -2.22. The zero-order valence-corrected chi connectivity index (χ0v) is 22.3. The van der Waals surface area contributed by atoms with E-state index in [-0.39, 0.29) is 0 Å². The summed E-state index contributed by atoms with van der Waals surface area (Å²) in [7, 11) is 0. The summed E-state index contributed by atoms with van der Waals surface area (Å²) in [5.41, 5.74) is 1.67. The van der Waals surface area contributed by atoms with Crippen LogP contribution >= 0.6 is 0 Å².